The highest BCUT2D eigenvalue weighted by molar-refractivity contribution is 6.05. The number of anilines is 2. The number of carbonyl (C=O) groups is 1. The zero-order chi connectivity index (χ0) is 27.1. The maximum absolute atomic E-state index is 13.3. The molecule has 4 rings (SSSR count). The Kier molecular flexibility index (Phi) is 8.96. The lowest BCUT2D eigenvalue weighted by Gasteiger charge is -2.31. The van der Waals surface area contributed by atoms with Crippen molar-refractivity contribution in [3.8, 4) is 23.0 Å². The highest BCUT2D eigenvalue weighted by Gasteiger charge is 2.21. The minimum atomic E-state index is -0.317. The maximum Gasteiger partial charge on any atom is 0.255 e. The lowest BCUT2D eigenvalue weighted by molar-refractivity contribution is 0.102. The molecule has 1 aliphatic rings. The number of nitrogens with one attached hydrogen (secondary N) is 1. The molecular formula is C28H35N3O7. The van der Waals surface area contributed by atoms with Crippen molar-refractivity contribution in [3.05, 3.63) is 52.9 Å². The van der Waals surface area contributed by atoms with Gasteiger partial charge in [0.05, 0.1) is 56.2 Å². The first-order chi connectivity index (χ1) is 18.4. The van der Waals surface area contributed by atoms with Crippen LogP contribution in [0, 0.1) is 13.8 Å². The molecule has 2 aromatic carbocycles. The molecule has 0 radical (unpaired) electrons. The Labute approximate surface area is 222 Å². The van der Waals surface area contributed by atoms with Gasteiger partial charge in [-0.15, -0.1) is 0 Å². The Morgan fingerprint density at radius 1 is 0.974 bits per heavy atom. The van der Waals surface area contributed by atoms with Gasteiger partial charge in [-0.3, -0.25) is 4.79 Å². The summed E-state index contributed by atoms with van der Waals surface area (Å²) in [7, 11) is 1.53. The summed E-state index contributed by atoms with van der Waals surface area (Å²) in [5.41, 5.74) is 3.49. The summed E-state index contributed by atoms with van der Waals surface area (Å²) in [5, 5.41) is 6.93. The first-order valence-electron chi connectivity index (χ1n) is 12.7. The quantitative estimate of drug-likeness (QED) is 0.379. The van der Waals surface area contributed by atoms with E-state index in [2.05, 4.69) is 15.4 Å². The lowest BCUT2D eigenvalue weighted by Crippen LogP contribution is -2.36. The van der Waals surface area contributed by atoms with Crippen LogP contribution in [0.4, 0.5) is 11.4 Å². The van der Waals surface area contributed by atoms with E-state index in [0.29, 0.717) is 66.4 Å². The summed E-state index contributed by atoms with van der Waals surface area (Å²) in [6, 6.07) is 8.77. The number of benzene rings is 2. The average Bonchev–Trinajstić information content (AvgIpc) is 3.25. The number of hydrogen-bond donors (Lipinski definition) is 1. The topological polar surface area (TPSA) is 105 Å². The number of nitrogens with zero attached hydrogens (tertiary/aromatic N) is 2. The molecule has 204 valence electrons. The van der Waals surface area contributed by atoms with E-state index in [1.54, 1.807) is 18.2 Å². The second-order valence-electron chi connectivity index (χ2n) is 8.69. The van der Waals surface area contributed by atoms with Crippen LogP contribution in [0.2, 0.25) is 0 Å². The normalized spacial score (nSPS) is 13.2. The van der Waals surface area contributed by atoms with Crippen molar-refractivity contribution in [1.82, 2.24) is 5.16 Å². The summed E-state index contributed by atoms with van der Waals surface area (Å²) in [4.78, 5) is 15.5. The molecule has 1 fully saturated rings. The molecule has 0 aliphatic carbocycles. The minimum Gasteiger partial charge on any atom is -0.493 e. The number of rotatable bonds is 11. The van der Waals surface area contributed by atoms with Gasteiger partial charge in [0.25, 0.3) is 5.91 Å². The Morgan fingerprint density at radius 2 is 1.71 bits per heavy atom. The number of ether oxygens (including phenoxy) is 5. The summed E-state index contributed by atoms with van der Waals surface area (Å²) in [5.74, 6) is 2.57. The molecule has 0 unspecified atom stereocenters. The Balaban J connectivity index is 1.56. The van der Waals surface area contributed by atoms with Crippen LogP contribution >= 0.6 is 0 Å². The van der Waals surface area contributed by atoms with Crippen LogP contribution in [-0.4, -0.2) is 57.7 Å². The second-order valence-corrected chi connectivity index (χ2v) is 8.69. The van der Waals surface area contributed by atoms with Gasteiger partial charge >= 0.3 is 0 Å². The van der Waals surface area contributed by atoms with Crippen molar-refractivity contribution in [2.24, 2.45) is 0 Å². The summed E-state index contributed by atoms with van der Waals surface area (Å²) in [6.07, 6.45) is 0. The highest BCUT2D eigenvalue weighted by atomic mass is 16.5. The number of amides is 1. The third kappa shape index (κ3) is 6.13. The van der Waals surface area contributed by atoms with Gasteiger partial charge in [-0.1, -0.05) is 5.16 Å². The van der Waals surface area contributed by atoms with Gasteiger partial charge in [-0.25, -0.2) is 0 Å². The van der Waals surface area contributed by atoms with Crippen molar-refractivity contribution < 1.29 is 33.0 Å². The Bertz CT molecular complexity index is 1230. The molecule has 1 aromatic heterocycles. The molecule has 0 bridgehead atoms. The molecule has 0 spiro atoms. The van der Waals surface area contributed by atoms with Gasteiger partial charge < -0.3 is 38.4 Å². The lowest BCUT2D eigenvalue weighted by atomic mass is 10.1. The van der Waals surface area contributed by atoms with E-state index in [0.717, 1.165) is 30.0 Å². The first-order valence-corrected chi connectivity index (χ1v) is 12.7. The van der Waals surface area contributed by atoms with E-state index in [4.69, 9.17) is 28.2 Å². The number of hydrogen-bond acceptors (Lipinski definition) is 9. The third-order valence-corrected chi connectivity index (χ3v) is 6.24. The molecule has 0 saturated carbocycles. The van der Waals surface area contributed by atoms with Crippen LogP contribution in [0.5, 0.6) is 23.0 Å². The third-order valence-electron chi connectivity index (χ3n) is 6.24. The molecular weight excluding hydrogens is 490 g/mol. The molecule has 10 nitrogen and oxygen atoms in total. The smallest absolute Gasteiger partial charge is 0.255 e. The van der Waals surface area contributed by atoms with Crippen LogP contribution in [0.3, 0.4) is 0 Å². The Hall–Kier alpha value is -3.92. The highest BCUT2D eigenvalue weighted by Crippen LogP contribution is 2.40. The molecule has 1 aliphatic heterocycles. The molecule has 38 heavy (non-hydrogen) atoms. The molecule has 2 heterocycles. The summed E-state index contributed by atoms with van der Waals surface area (Å²) in [6.45, 7) is 11.5. The molecule has 1 saturated heterocycles. The monoisotopic (exact) mass is 525 g/mol. The number of aryl methyl sites for hydroxylation is 2. The van der Waals surface area contributed by atoms with E-state index < -0.39 is 0 Å². The maximum atomic E-state index is 13.3. The van der Waals surface area contributed by atoms with Crippen LogP contribution < -0.4 is 29.2 Å². The van der Waals surface area contributed by atoms with Gasteiger partial charge in [0.2, 0.25) is 0 Å². The van der Waals surface area contributed by atoms with Crippen LogP contribution in [0.1, 0.15) is 41.2 Å². The van der Waals surface area contributed by atoms with E-state index >= 15 is 0 Å². The van der Waals surface area contributed by atoms with Gasteiger partial charge in [-0.05, 0) is 45.9 Å². The van der Waals surface area contributed by atoms with Crippen molar-refractivity contribution in [2.45, 2.75) is 34.3 Å². The van der Waals surface area contributed by atoms with Gasteiger partial charge in [0.15, 0.2) is 11.5 Å². The van der Waals surface area contributed by atoms with Crippen molar-refractivity contribution in [3.63, 3.8) is 0 Å². The zero-order valence-electron chi connectivity index (χ0n) is 22.6. The second kappa shape index (κ2) is 12.6. The molecule has 3 aromatic rings. The van der Waals surface area contributed by atoms with E-state index in [1.807, 2.05) is 39.8 Å². The van der Waals surface area contributed by atoms with Gasteiger partial charge in [-0.2, -0.15) is 0 Å². The minimum absolute atomic E-state index is 0.274. The summed E-state index contributed by atoms with van der Waals surface area (Å²) >= 11 is 0. The van der Waals surface area contributed by atoms with Crippen LogP contribution in [-0.2, 0) is 11.3 Å². The predicted octanol–water partition coefficient (Wildman–Crippen LogP) is 4.77. The number of aromatic nitrogens is 1. The largest absolute Gasteiger partial charge is 0.493 e. The van der Waals surface area contributed by atoms with Crippen LogP contribution in [0.15, 0.2) is 34.9 Å². The van der Waals surface area contributed by atoms with Gasteiger partial charge in [0, 0.05) is 30.8 Å². The average molecular weight is 526 g/mol. The fourth-order valence-corrected chi connectivity index (χ4v) is 4.22. The predicted molar refractivity (Wildman–Crippen MR) is 143 cm³/mol. The Morgan fingerprint density at radius 3 is 2.37 bits per heavy atom. The van der Waals surface area contributed by atoms with Crippen molar-refractivity contribution in [1.29, 1.82) is 0 Å². The van der Waals surface area contributed by atoms with E-state index in [-0.39, 0.29) is 12.5 Å². The van der Waals surface area contributed by atoms with E-state index in [9.17, 15) is 4.79 Å². The molecule has 0 atom stereocenters. The standard InChI is InChI=1S/C28H35N3O7/c1-6-35-25-16-23(31-10-12-34-13-11-31)26(36-7-2)15-22(25)29-28(32)20-8-9-24(27(14-20)33-5)37-17-21-18(3)30-38-19(21)4/h8-9,14-16H,6-7,10-13,17H2,1-5H3,(H,29,32). The molecule has 10 heteroatoms. The molecule has 1 N–H and O–H groups in total. The SMILES string of the molecule is CCOc1cc(N2CCOCC2)c(OCC)cc1NC(=O)c1ccc(OCc2c(C)noc2C)c(OC)c1. The molecule has 1 amide bonds. The number of carbonyl (C=O) groups excluding carboxylic acids is 1. The number of morpholine rings is 1. The van der Waals surface area contributed by atoms with Gasteiger partial charge in [0.1, 0.15) is 23.9 Å². The summed E-state index contributed by atoms with van der Waals surface area (Å²) < 4.78 is 34.0. The van der Waals surface area contributed by atoms with Crippen molar-refractivity contribution >= 4 is 17.3 Å². The van der Waals surface area contributed by atoms with Crippen molar-refractivity contribution in [2.75, 3.05) is 56.8 Å². The fourth-order valence-electron chi connectivity index (χ4n) is 4.22. The van der Waals surface area contributed by atoms with E-state index in [1.165, 1.54) is 7.11 Å². The first kappa shape index (κ1) is 27.1. The number of methoxy groups -OCH3 is 1. The van der Waals surface area contributed by atoms with Crippen LogP contribution in [0.25, 0.3) is 0 Å². The fraction of sp³-hybridized carbons (Fsp3) is 0.429. The zero-order valence-corrected chi connectivity index (χ0v) is 22.6.